The van der Waals surface area contributed by atoms with Crippen molar-refractivity contribution in [2.75, 3.05) is 52.7 Å². The Labute approximate surface area is 547 Å². The molecule has 3 aliphatic heterocycles. The molecule has 3 aromatic rings. The maximum atomic E-state index is 15.9. The summed E-state index contributed by atoms with van der Waals surface area (Å²) in [4.78, 5) is 156. The topological polar surface area (TPSA) is 240 Å². The Kier molecular flexibility index (Phi) is 26.2. The average Bonchev–Trinajstić information content (AvgIpc) is 1.31. The minimum absolute atomic E-state index is 0.0193. The van der Waals surface area contributed by atoms with E-state index in [9.17, 15) is 19.5 Å². The van der Waals surface area contributed by atoms with Crippen LogP contribution in [0.4, 0.5) is 5.82 Å². The number of likely N-dealkylation sites (N-methyl/N-ethyl adjacent to an activating group) is 4. The van der Waals surface area contributed by atoms with E-state index in [1.165, 1.54) is 54.6 Å². The molecule has 20 heteroatoms. The fourth-order valence-electron chi connectivity index (χ4n) is 13.8. The fourth-order valence-corrected chi connectivity index (χ4v) is 13.8. The van der Waals surface area contributed by atoms with Gasteiger partial charge in [-0.2, -0.15) is 0 Å². The third kappa shape index (κ3) is 18.2. The average molecular weight is 1270 g/mol. The SMILES string of the molecule is CCC(C)[C@@H]1CC(=O)[C@@H]2CCCN2C(=O)[C@H](Cc2cccc(-c3cnc(N4CCC(C)CC4)cn3)c2)N(C)C(=O)[C@H](Cc2ccccc2)NC(=O)[C@H](C(C)C)N(C)C(=O)[C@@H](C(C)CC)OC(=O)[C@H](C(C)(C)O)N(C)C(=O)C(CC(C)C)CC(=O)[C@H](C(C)C)N(C)C1=O. The number of esters is 1. The molecule has 6 rings (SSSR count). The zero-order chi connectivity index (χ0) is 68.2. The quantitative estimate of drug-likeness (QED) is 0.136. The van der Waals surface area contributed by atoms with E-state index < -0.39 is 125 Å². The Hall–Kier alpha value is -7.09. The van der Waals surface area contributed by atoms with Crippen molar-refractivity contribution in [2.24, 2.45) is 47.3 Å². The minimum atomic E-state index is -1.95. The van der Waals surface area contributed by atoms with Gasteiger partial charge >= 0.3 is 5.97 Å². The van der Waals surface area contributed by atoms with Crippen molar-refractivity contribution in [1.82, 2.24) is 39.8 Å². The van der Waals surface area contributed by atoms with Gasteiger partial charge < -0.3 is 44.6 Å². The Morgan fingerprint density at radius 1 is 0.641 bits per heavy atom. The smallest absolute Gasteiger partial charge is 0.332 e. The molecule has 506 valence electrons. The number of Topliss-reactive ketones (excluding diaryl/α,β-unsaturated/α-hetero) is 2. The second-order valence-electron chi connectivity index (χ2n) is 28.4. The first-order valence-corrected chi connectivity index (χ1v) is 33.7. The van der Waals surface area contributed by atoms with Gasteiger partial charge in [0.1, 0.15) is 23.9 Å². The molecule has 2 aromatic carbocycles. The summed E-state index contributed by atoms with van der Waals surface area (Å²) < 4.78 is 6.17. The molecule has 0 bridgehead atoms. The number of benzene rings is 2. The fraction of sp³-hybridized carbons (Fsp3) is 0.653. The number of hydrogen-bond acceptors (Lipinski definition) is 14. The van der Waals surface area contributed by atoms with E-state index in [1.54, 1.807) is 40.2 Å². The van der Waals surface area contributed by atoms with Gasteiger partial charge in [0.25, 0.3) is 5.91 Å². The lowest BCUT2D eigenvalue weighted by molar-refractivity contribution is -0.178. The summed E-state index contributed by atoms with van der Waals surface area (Å²) in [6.45, 7) is 25.2. The second-order valence-corrected chi connectivity index (χ2v) is 28.4. The summed E-state index contributed by atoms with van der Waals surface area (Å²) in [6.07, 6.45) is 5.32. The Bertz CT molecular complexity index is 3030. The first-order valence-electron chi connectivity index (χ1n) is 33.7. The molecule has 3 saturated heterocycles. The van der Waals surface area contributed by atoms with Crippen LogP contribution in [0.5, 0.6) is 0 Å². The molecule has 3 unspecified atom stereocenters. The summed E-state index contributed by atoms with van der Waals surface area (Å²) in [6, 6.07) is 9.11. The first kappa shape index (κ1) is 74.0. The number of ketones is 2. The normalized spacial score (nSPS) is 25.8. The monoisotopic (exact) mass is 1270 g/mol. The number of aliphatic hydroxyl groups is 1. The van der Waals surface area contributed by atoms with E-state index in [-0.39, 0.29) is 56.3 Å². The van der Waals surface area contributed by atoms with E-state index in [1.807, 2.05) is 103 Å². The third-order valence-corrected chi connectivity index (χ3v) is 19.6. The van der Waals surface area contributed by atoms with Gasteiger partial charge in [-0.25, -0.2) is 9.78 Å². The molecule has 3 fully saturated rings. The molecular weight excluding hydrogens is 1170 g/mol. The lowest BCUT2D eigenvalue weighted by Gasteiger charge is -2.39. The van der Waals surface area contributed by atoms with Crippen LogP contribution >= 0.6 is 0 Å². The van der Waals surface area contributed by atoms with Crippen molar-refractivity contribution >= 4 is 58.8 Å². The molecule has 0 radical (unpaired) electrons. The van der Waals surface area contributed by atoms with Crippen LogP contribution in [-0.2, 0) is 60.7 Å². The highest BCUT2D eigenvalue weighted by atomic mass is 16.6. The maximum Gasteiger partial charge on any atom is 0.332 e. The van der Waals surface area contributed by atoms with E-state index in [2.05, 4.69) is 17.1 Å². The highest BCUT2D eigenvalue weighted by Crippen LogP contribution is 2.33. The molecule has 0 aliphatic carbocycles. The van der Waals surface area contributed by atoms with Gasteiger partial charge in [0.15, 0.2) is 23.7 Å². The number of cyclic esters (lactones) is 1. The summed E-state index contributed by atoms with van der Waals surface area (Å²) in [7, 11) is 5.85. The number of nitrogens with zero attached hydrogens (tertiary/aromatic N) is 8. The van der Waals surface area contributed by atoms with Gasteiger partial charge in [0.05, 0.1) is 35.8 Å². The molecule has 3 aliphatic rings. The number of ether oxygens (including phenoxy) is 1. The number of nitrogens with one attached hydrogen (secondary N) is 1. The molecule has 4 heterocycles. The Morgan fingerprint density at radius 3 is 1.84 bits per heavy atom. The van der Waals surface area contributed by atoms with Gasteiger partial charge in [-0.05, 0) is 99.2 Å². The summed E-state index contributed by atoms with van der Waals surface area (Å²) in [5, 5.41) is 14.8. The van der Waals surface area contributed by atoms with E-state index in [0.717, 1.165) is 42.2 Å². The first-order chi connectivity index (χ1) is 43.3. The molecule has 1 aromatic heterocycles. The molecule has 20 nitrogen and oxygen atoms in total. The largest absolute Gasteiger partial charge is 0.450 e. The van der Waals surface area contributed by atoms with Crippen molar-refractivity contribution in [1.29, 1.82) is 0 Å². The highest BCUT2D eigenvalue weighted by molar-refractivity contribution is 5.99. The third-order valence-electron chi connectivity index (χ3n) is 19.6. The van der Waals surface area contributed by atoms with Crippen molar-refractivity contribution in [3.63, 3.8) is 0 Å². The maximum absolute atomic E-state index is 15.9. The van der Waals surface area contributed by atoms with Gasteiger partial charge in [-0.1, -0.05) is 131 Å². The predicted molar refractivity (Wildman–Crippen MR) is 355 cm³/mol. The van der Waals surface area contributed by atoms with Crippen LogP contribution in [0.15, 0.2) is 67.0 Å². The summed E-state index contributed by atoms with van der Waals surface area (Å²) in [5.74, 6) is -8.13. The van der Waals surface area contributed by atoms with Crippen molar-refractivity contribution in [3.8, 4) is 11.3 Å². The number of piperidine rings is 1. The number of rotatable bonds is 15. The van der Waals surface area contributed by atoms with Gasteiger partial charge in [-0.15, -0.1) is 0 Å². The molecule has 2 N–H and O–H groups in total. The van der Waals surface area contributed by atoms with Crippen LogP contribution in [0, 0.1) is 47.3 Å². The van der Waals surface area contributed by atoms with Crippen LogP contribution in [0.2, 0.25) is 0 Å². The molecular formula is C72H107N9O11. The summed E-state index contributed by atoms with van der Waals surface area (Å²) in [5.41, 5.74) is 0.747. The van der Waals surface area contributed by atoms with Crippen LogP contribution in [0.25, 0.3) is 11.3 Å². The lowest BCUT2D eigenvalue weighted by atomic mass is 9.82. The second kappa shape index (κ2) is 32.7. The van der Waals surface area contributed by atoms with Gasteiger partial charge in [0, 0.05) is 96.8 Å². The number of carbonyl (C=O) groups is 9. The zero-order valence-corrected chi connectivity index (χ0v) is 58.0. The minimum Gasteiger partial charge on any atom is -0.450 e. The van der Waals surface area contributed by atoms with Crippen molar-refractivity contribution in [3.05, 3.63) is 78.1 Å². The standard InChI is InChI=1S/C72H107N9O11/c1-18-47(10)53-40-58(82)56-29-24-32-81(56)69(88)57(38-50-27-23-28-51(36-50)55-41-74-60(42-73-55)80-33-30-46(9)31-34-80)76(14)68(87)54(37-49-25-21-20-22-26-49)75-65(84)62(45(7)8)78(16)70(89)63(48(11)19-2)92-71(90)64(72(12,13)91)79(17)66(85)52(35-43(3)4)39-59(83)61(44(5)6)77(15)67(53)86/h20-23,25-28,36,41-48,52-54,56-57,61-64,91H,18-19,24,29-35,37-40H2,1-17H3,(H,75,84)/t47?,48?,52?,53-,54-,56-,57-,61-,62-,63+,64+/m0/s1. The van der Waals surface area contributed by atoms with Crippen molar-refractivity contribution < 1.29 is 53.0 Å². The van der Waals surface area contributed by atoms with Crippen molar-refractivity contribution in [2.45, 2.75) is 209 Å². The number of fused-ring (bicyclic) bond motifs is 1. The van der Waals surface area contributed by atoms with Crippen LogP contribution < -0.4 is 10.2 Å². The highest BCUT2D eigenvalue weighted by Gasteiger charge is 2.48. The molecule has 92 heavy (non-hydrogen) atoms. The molecule has 6 amide bonds. The number of hydrogen-bond donors (Lipinski definition) is 2. The number of aromatic nitrogens is 2. The Balaban J connectivity index is 1.50. The van der Waals surface area contributed by atoms with Crippen LogP contribution in [0.1, 0.15) is 159 Å². The lowest BCUT2D eigenvalue weighted by Crippen LogP contribution is -2.61. The van der Waals surface area contributed by atoms with Gasteiger partial charge in [0.2, 0.25) is 29.5 Å². The van der Waals surface area contributed by atoms with E-state index in [4.69, 9.17) is 14.7 Å². The Morgan fingerprint density at radius 2 is 1.26 bits per heavy atom. The predicted octanol–water partition coefficient (Wildman–Crippen LogP) is 8.25. The summed E-state index contributed by atoms with van der Waals surface area (Å²) >= 11 is 0. The molecule has 0 spiro atoms. The number of amides is 6. The molecule has 0 saturated carbocycles. The van der Waals surface area contributed by atoms with Gasteiger partial charge in [-0.3, -0.25) is 43.3 Å². The number of carbonyl (C=O) groups excluding carboxylic acids is 9. The zero-order valence-electron chi connectivity index (χ0n) is 58.0. The molecule has 11 atom stereocenters. The van der Waals surface area contributed by atoms with Crippen LogP contribution in [0.3, 0.4) is 0 Å². The number of anilines is 1. The van der Waals surface area contributed by atoms with E-state index >= 15 is 28.8 Å². The van der Waals surface area contributed by atoms with Crippen LogP contribution in [-0.4, -0.2) is 188 Å². The van der Waals surface area contributed by atoms with E-state index in [0.29, 0.717) is 48.4 Å².